The summed E-state index contributed by atoms with van der Waals surface area (Å²) in [6.45, 7) is 0. The second-order valence-corrected chi connectivity index (χ2v) is 5.14. The molecule has 0 atom stereocenters. The first-order valence-electron chi connectivity index (χ1n) is 6.80. The molecular weight excluding hydrogens is 262 g/mol. The molecule has 1 amide bonds. The SMILES string of the molecule is CN(C)c1cccc(C(=O)Nc2cccc3[nH]ccc23)c1. The number of hydrogen-bond acceptors (Lipinski definition) is 2. The molecule has 3 rings (SSSR count). The molecule has 21 heavy (non-hydrogen) atoms. The van der Waals surface area contributed by atoms with Crippen LogP contribution < -0.4 is 10.2 Å². The van der Waals surface area contributed by atoms with Crippen LogP contribution in [0.2, 0.25) is 0 Å². The number of carbonyl (C=O) groups excluding carboxylic acids is 1. The van der Waals surface area contributed by atoms with E-state index >= 15 is 0 Å². The van der Waals surface area contributed by atoms with Gasteiger partial charge in [-0.3, -0.25) is 4.79 Å². The van der Waals surface area contributed by atoms with Crippen LogP contribution in [0.25, 0.3) is 10.9 Å². The van der Waals surface area contributed by atoms with E-state index in [4.69, 9.17) is 0 Å². The van der Waals surface area contributed by atoms with Crippen molar-refractivity contribution in [1.82, 2.24) is 4.98 Å². The summed E-state index contributed by atoms with van der Waals surface area (Å²) in [6.07, 6.45) is 1.87. The van der Waals surface area contributed by atoms with Gasteiger partial charge >= 0.3 is 0 Å². The highest BCUT2D eigenvalue weighted by molar-refractivity contribution is 6.09. The molecule has 0 aliphatic rings. The molecule has 4 nitrogen and oxygen atoms in total. The Hall–Kier alpha value is -2.75. The summed E-state index contributed by atoms with van der Waals surface area (Å²) < 4.78 is 0. The number of fused-ring (bicyclic) bond motifs is 1. The van der Waals surface area contributed by atoms with Crippen LogP contribution in [0.3, 0.4) is 0 Å². The van der Waals surface area contributed by atoms with Crippen molar-refractivity contribution in [2.24, 2.45) is 0 Å². The van der Waals surface area contributed by atoms with Gasteiger partial charge in [-0.05, 0) is 36.4 Å². The van der Waals surface area contributed by atoms with Gasteiger partial charge in [0.25, 0.3) is 5.91 Å². The van der Waals surface area contributed by atoms with Gasteiger partial charge in [-0.15, -0.1) is 0 Å². The van der Waals surface area contributed by atoms with Gasteiger partial charge in [-0.1, -0.05) is 12.1 Å². The zero-order valence-corrected chi connectivity index (χ0v) is 12.1. The van der Waals surface area contributed by atoms with Crippen molar-refractivity contribution in [3.8, 4) is 0 Å². The van der Waals surface area contributed by atoms with Gasteiger partial charge in [-0.2, -0.15) is 0 Å². The fourth-order valence-electron chi connectivity index (χ4n) is 2.31. The van der Waals surface area contributed by atoms with E-state index in [0.717, 1.165) is 22.3 Å². The standard InChI is InChI=1S/C17H17N3O/c1-20(2)13-6-3-5-12(11-13)17(21)19-16-8-4-7-15-14(16)9-10-18-15/h3-11,18H,1-2H3,(H,19,21). The third-order valence-corrected chi connectivity index (χ3v) is 3.47. The van der Waals surface area contributed by atoms with Crippen molar-refractivity contribution >= 4 is 28.2 Å². The first kappa shape index (κ1) is 13.2. The lowest BCUT2D eigenvalue weighted by Crippen LogP contribution is -2.14. The molecule has 0 unspecified atom stereocenters. The number of aromatic amines is 1. The maximum Gasteiger partial charge on any atom is 0.255 e. The van der Waals surface area contributed by atoms with Gasteiger partial charge in [0.05, 0.1) is 5.69 Å². The summed E-state index contributed by atoms with van der Waals surface area (Å²) >= 11 is 0. The maximum absolute atomic E-state index is 12.4. The van der Waals surface area contributed by atoms with Crippen LogP contribution in [0.4, 0.5) is 11.4 Å². The Balaban J connectivity index is 1.89. The molecular formula is C17H17N3O. The molecule has 106 valence electrons. The lowest BCUT2D eigenvalue weighted by molar-refractivity contribution is 0.102. The Bertz CT molecular complexity index is 789. The second-order valence-electron chi connectivity index (χ2n) is 5.14. The summed E-state index contributed by atoms with van der Waals surface area (Å²) in [4.78, 5) is 17.5. The summed E-state index contributed by atoms with van der Waals surface area (Å²) in [6, 6.07) is 15.3. The first-order chi connectivity index (χ1) is 10.1. The first-order valence-corrected chi connectivity index (χ1v) is 6.80. The highest BCUT2D eigenvalue weighted by Crippen LogP contribution is 2.23. The summed E-state index contributed by atoms with van der Waals surface area (Å²) in [7, 11) is 3.91. The molecule has 2 N–H and O–H groups in total. The number of anilines is 2. The Kier molecular flexibility index (Phi) is 3.36. The Morgan fingerprint density at radius 1 is 1.10 bits per heavy atom. The predicted molar refractivity (Wildman–Crippen MR) is 87.0 cm³/mol. The second kappa shape index (κ2) is 5.32. The minimum absolute atomic E-state index is 0.104. The number of benzene rings is 2. The van der Waals surface area contributed by atoms with Crippen molar-refractivity contribution in [1.29, 1.82) is 0 Å². The fraction of sp³-hybridized carbons (Fsp3) is 0.118. The van der Waals surface area contributed by atoms with E-state index in [0.29, 0.717) is 5.56 Å². The average molecular weight is 279 g/mol. The van der Waals surface area contributed by atoms with E-state index in [9.17, 15) is 4.79 Å². The van der Waals surface area contributed by atoms with Crippen LogP contribution in [0.15, 0.2) is 54.7 Å². The van der Waals surface area contributed by atoms with Crippen molar-refractivity contribution in [2.75, 3.05) is 24.3 Å². The van der Waals surface area contributed by atoms with Gasteiger partial charge in [0.15, 0.2) is 0 Å². The fourth-order valence-corrected chi connectivity index (χ4v) is 2.31. The molecule has 0 saturated heterocycles. The number of nitrogens with zero attached hydrogens (tertiary/aromatic N) is 1. The Morgan fingerprint density at radius 3 is 2.71 bits per heavy atom. The van der Waals surface area contributed by atoms with Crippen LogP contribution in [0, 0.1) is 0 Å². The quantitative estimate of drug-likeness (QED) is 0.771. The summed E-state index contributed by atoms with van der Waals surface area (Å²) in [5.41, 5.74) is 3.47. The van der Waals surface area contributed by atoms with Gasteiger partial charge in [0, 0.05) is 42.4 Å². The van der Waals surface area contributed by atoms with Crippen LogP contribution >= 0.6 is 0 Å². The highest BCUT2D eigenvalue weighted by Gasteiger charge is 2.09. The molecule has 2 aromatic carbocycles. The van der Waals surface area contributed by atoms with Crippen molar-refractivity contribution in [3.63, 3.8) is 0 Å². The molecule has 0 fully saturated rings. The van der Waals surface area contributed by atoms with E-state index < -0.39 is 0 Å². The number of rotatable bonds is 3. The molecule has 1 heterocycles. The lowest BCUT2D eigenvalue weighted by Gasteiger charge is -2.13. The van der Waals surface area contributed by atoms with Gasteiger partial charge < -0.3 is 15.2 Å². The normalized spacial score (nSPS) is 10.6. The van der Waals surface area contributed by atoms with Crippen LogP contribution in [-0.4, -0.2) is 25.0 Å². The van der Waals surface area contributed by atoms with Gasteiger partial charge in [0.2, 0.25) is 0 Å². The smallest absolute Gasteiger partial charge is 0.255 e. The predicted octanol–water partition coefficient (Wildman–Crippen LogP) is 3.49. The van der Waals surface area contributed by atoms with E-state index in [-0.39, 0.29) is 5.91 Å². The van der Waals surface area contributed by atoms with E-state index in [2.05, 4.69) is 10.3 Å². The minimum atomic E-state index is -0.104. The maximum atomic E-state index is 12.4. The van der Waals surface area contributed by atoms with Crippen molar-refractivity contribution < 1.29 is 4.79 Å². The molecule has 4 heteroatoms. The number of carbonyl (C=O) groups is 1. The van der Waals surface area contributed by atoms with E-state index in [1.165, 1.54) is 0 Å². The number of H-pyrrole nitrogens is 1. The molecule has 0 radical (unpaired) electrons. The minimum Gasteiger partial charge on any atom is -0.378 e. The highest BCUT2D eigenvalue weighted by atomic mass is 16.1. The summed E-state index contributed by atoms with van der Waals surface area (Å²) in [5.74, 6) is -0.104. The van der Waals surface area contributed by atoms with E-state index in [1.807, 2.05) is 73.7 Å². The molecule has 3 aromatic rings. The zero-order chi connectivity index (χ0) is 14.8. The number of amides is 1. The molecule has 1 aromatic heterocycles. The Labute approximate surface area is 123 Å². The zero-order valence-electron chi connectivity index (χ0n) is 12.1. The topological polar surface area (TPSA) is 48.1 Å². The van der Waals surface area contributed by atoms with Crippen molar-refractivity contribution in [3.05, 3.63) is 60.3 Å². The molecule has 0 saturated carbocycles. The van der Waals surface area contributed by atoms with Gasteiger partial charge in [0.1, 0.15) is 0 Å². The number of hydrogen-bond donors (Lipinski definition) is 2. The van der Waals surface area contributed by atoms with Crippen LogP contribution in [0.1, 0.15) is 10.4 Å². The molecule has 0 aliphatic carbocycles. The number of nitrogens with one attached hydrogen (secondary N) is 2. The Morgan fingerprint density at radius 2 is 1.90 bits per heavy atom. The number of aromatic nitrogens is 1. The molecule has 0 bridgehead atoms. The monoisotopic (exact) mass is 279 g/mol. The third-order valence-electron chi connectivity index (χ3n) is 3.47. The van der Waals surface area contributed by atoms with Crippen LogP contribution in [-0.2, 0) is 0 Å². The summed E-state index contributed by atoms with van der Waals surface area (Å²) in [5, 5.41) is 3.98. The molecule has 0 spiro atoms. The van der Waals surface area contributed by atoms with Crippen molar-refractivity contribution in [2.45, 2.75) is 0 Å². The van der Waals surface area contributed by atoms with Gasteiger partial charge in [-0.25, -0.2) is 0 Å². The van der Waals surface area contributed by atoms with E-state index in [1.54, 1.807) is 0 Å². The third kappa shape index (κ3) is 2.60. The molecule has 0 aliphatic heterocycles. The average Bonchev–Trinajstić information content (AvgIpc) is 2.97. The lowest BCUT2D eigenvalue weighted by atomic mass is 10.1. The largest absolute Gasteiger partial charge is 0.378 e. The van der Waals surface area contributed by atoms with Crippen LogP contribution in [0.5, 0.6) is 0 Å².